The minimum absolute atomic E-state index is 0.131. The first-order valence-electron chi connectivity index (χ1n) is 19.2. The summed E-state index contributed by atoms with van der Waals surface area (Å²) in [5.74, 6) is 0.141. The molecule has 0 aliphatic heterocycles. The third kappa shape index (κ3) is 10.1. The fourth-order valence-corrected chi connectivity index (χ4v) is 6.15. The molecule has 0 aliphatic carbocycles. The maximum absolute atomic E-state index is 13.0. The van der Waals surface area contributed by atoms with Gasteiger partial charge in [-0.05, 0) is 122 Å². The summed E-state index contributed by atoms with van der Waals surface area (Å²) in [4.78, 5) is 51.9. The molecule has 6 aromatic carbocycles. The number of carbonyl (C=O) groups excluding carboxylic acids is 4. The van der Waals surface area contributed by atoms with Gasteiger partial charge in [-0.2, -0.15) is 0 Å². The summed E-state index contributed by atoms with van der Waals surface area (Å²) >= 11 is 0. The van der Waals surface area contributed by atoms with Crippen molar-refractivity contribution in [1.82, 2.24) is 0 Å². The quantitative estimate of drug-likeness (QED) is 0.0632. The Kier molecular flexibility index (Phi) is 14.3. The molecule has 14 heteroatoms. The second-order valence-corrected chi connectivity index (χ2v) is 12.9. The Morgan fingerprint density at radius 1 is 0.355 bits per heavy atom. The van der Waals surface area contributed by atoms with Crippen molar-refractivity contribution in [2.75, 3.05) is 41.7 Å². The summed E-state index contributed by atoms with van der Waals surface area (Å²) in [6, 6.07) is 31.8. The molecule has 14 nitrogen and oxygen atoms in total. The zero-order valence-electron chi connectivity index (χ0n) is 34.7. The molecule has 0 amide bonds. The molecule has 0 atom stereocenters. The zero-order chi connectivity index (χ0) is 44.2. The summed E-state index contributed by atoms with van der Waals surface area (Å²) in [6.45, 7) is 4.44. The van der Waals surface area contributed by atoms with Crippen molar-refractivity contribution in [1.29, 1.82) is 0 Å². The van der Waals surface area contributed by atoms with Crippen molar-refractivity contribution in [3.05, 3.63) is 144 Å². The van der Waals surface area contributed by atoms with E-state index < -0.39 is 23.9 Å². The van der Waals surface area contributed by atoms with Crippen LogP contribution < -0.4 is 47.4 Å². The summed E-state index contributed by atoms with van der Waals surface area (Å²) in [5, 5.41) is 0. The van der Waals surface area contributed by atoms with E-state index in [0.29, 0.717) is 36.2 Å². The normalized spacial score (nSPS) is 10.5. The SMILES string of the molecule is CCOc1ccc(C(=O)Oc2ccc(C(=O)Oc3ccc(-c4ccc(OC(=O)c5ccc(OC(=O)c6ccc(OCC)c(OC)c6OC)cc5)cc4)cc3)cc2)c(OC)c1OC. The van der Waals surface area contributed by atoms with Crippen LogP contribution in [-0.4, -0.2) is 65.5 Å². The number of ether oxygens (including phenoxy) is 10. The Labute approximate surface area is 357 Å². The molecular weight excluding hydrogens is 801 g/mol. The smallest absolute Gasteiger partial charge is 0.347 e. The molecular formula is C48H42O14. The fraction of sp³-hybridized carbons (Fsp3) is 0.167. The first-order chi connectivity index (χ1) is 30.1. The van der Waals surface area contributed by atoms with Gasteiger partial charge in [0.15, 0.2) is 23.0 Å². The van der Waals surface area contributed by atoms with Gasteiger partial charge in [-0.3, -0.25) is 0 Å². The third-order valence-corrected chi connectivity index (χ3v) is 9.07. The van der Waals surface area contributed by atoms with Gasteiger partial charge in [-0.1, -0.05) is 24.3 Å². The number of benzene rings is 6. The van der Waals surface area contributed by atoms with E-state index in [2.05, 4.69) is 0 Å². The molecule has 0 heterocycles. The lowest BCUT2D eigenvalue weighted by Gasteiger charge is -2.16. The van der Waals surface area contributed by atoms with Crippen LogP contribution in [-0.2, 0) is 0 Å². The number of hydrogen-bond donors (Lipinski definition) is 0. The highest BCUT2D eigenvalue weighted by Gasteiger charge is 2.24. The Morgan fingerprint density at radius 3 is 0.935 bits per heavy atom. The first kappa shape index (κ1) is 43.6. The minimum atomic E-state index is -0.690. The molecule has 0 saturated carbocycles. The lowest BCUT2D eigenvalue weighted by atomic mass is 10.1. The summed E-state index contributed by atoms with van der Waals surface area (Å²) in [6.07, 6.45) is 0. The van der Waals surface area contributed by atoms with Crippen LogP contribution in [0.15, 0.2) is 121 Å². The molecule has 0 saturated heterocycles. The summed E-state index contributed by atoms with van der Waals surface area (Å²) < 4.78 is 54.9. The van der Waals surface area contributed by atoms with Gasteiger partial charge in [0, 0.05) is 0 Å². The van der Waals surface area contributed by atoms with Crippen molar-refractivity contribution >= 4 is 23.9 Å². The lowest BCUT2D eigenvalue weighted by Crippen LogP contribution is -2.12. The molecule has 0 bridgehead atoms. The fourth-order valence-electron chi connectivity index (χ4n) is 6.15. The van der Waals surface area contributed by atoms with Gasteiger partial charge in [0.25, 0.3) is 0 Å². The minimum Gasteiger partial charge on any atom is -0.492 e. The van der Waals surface area contributed by atoms with E-state index in [0.717, 1.165) is 11.1 Å². The third-order valence-electron chi connectivity index (χ3n) is 9.07. The molecule has 0 radical (unpaired) electrons. The molecule has 0 unspecified atom stereocenters. The van der Waals surface area contributed by atoms with Gasteiger partial charge in [-0.15, -0.1) is 0 Å². The Hall–Kier alpha value is -8.00. The van der Waals surface area contributed by atoms with Crippen LogP contribution in [0, 0.1) is 0 Å². The highest BCUT2D eigenvalue weighted by Crippen LogP contribution is 2.41. The standard InChI is InChI=1S/C48H42O14/c1-7-57-39-27-25-37(41(53-3)43(39)55-5)47(51)61-35-21-13-31(14-22-35)45(49)59-33-17-9-29(10-18-33)30-11-19-34(20-12-30)60-46(50)32-15-23-36(24-16-32)62-48(52)38-26-28-40(58-8-2)44(56-6)42(38)54-4/h9-28H,7-8H2,1-6H3. The van der Waals surface area contributed by atoms with Crippen molar-refractivity contribution in [2.45, 2.75) is 13.8 Å². The van der Waals surface area contributed by atoms with E-state index in [1.807, 2.05) is 13.8 Å². The van der Waals surface area contributed by atoms with Crippen molar-refractivity contribution in [3.8, 4) is 68.6 Å². The van der Waals surface area contributed by atoms with Gasteiger partial charge in [0.1, 0.15) is 34.1 Å². The topological polar surface area (TPSA) is 161 Å². The molecule has 0 fully saturated rings. The van der Waals surface area contributed by atoms with Gasteiger partial charge in [0.2, 0.25) is 11.5 Å². The van der Waals surface area contributed by atoms with Crippen LogP contribution in [0.4, 0.5) is 0 Å². The van der Waals surface area contributed by atoms with Gasteiger partial charge in [-0.25, -0.2) is 19.2 Å². The van der Waals surface area contributed by atoms with Crippen LogP contribution in [0.25, 0.3) is 11.1 Å². The number of methoxy groups -OCH3 is 4. The van der Waals surface area contributed by atoms with E-state index in [-0.39, 0.29) is 56.8 Å². The number of hydrogen-bond acceptors (Lipinski definition) is 14. The number of rotatable bonds is 17. The zero-order valence-corrected chi connectivity index (χ0v) is 34.7. The first-order valence-corrected chi connectivity index (χ1v) is 19.2. The molecule has 6 aromatic rings. The monoisotopic (exact) mass is 842 g/mol. The molecule has 6 rings (SSSR count). The second-order valence-electron chi connectivity index (χ2n) is 12.9. The van der Waals surface area contributed by atoms with Crippen LogP contribution in [0.1, 0.15) is 55.3 Å². The molecule has 0 spiro atoms. The number of carbonyl (C=O) groups is 4. The van der Waals surface area contributed by atoms with Gasteiger partial charge >= 0.3 is 23.9 Å². The van der Waals surface area contributed by atoms with E-state index in [4.69, 9.17) is 47.4 Å². The molecule has 62 heavy (non-hydrogen) atoms. The maximum Gasteiger partial charge on any atom is 0.347 e. The maximum atomic E-state index is 13.0. The predicted octanol–water partition coefficient (Wildman–Crippen LogP) is 9.06. The molecule has 0 aromatic heterocycles. The van der Waals surface area contributed by atoms with Crippen molar-refractivity contribution < 1.29 is 66.5 Å². The molecule has 318 valence electrons. The lowest BCUT2D eigenvalue weighted by molar-refractivity contribution is 0.0717. The van der Waals surface area contributed by atoms with E-state index in [1.165, 1.54) is 89.1 Å². The Bertz CT molecular complexity index is 2350. The predicted molar refractivity (Wildman–Crippen MR) is 226 cm³/mol. The number of esters is 4. The summed E-state index contributed by atoms with van der Waals surface area (Å²) in [7, 11) is 5.71. The van der Waals surface area contributed by atoms with E-state index >= 15 is 0 Å². The largest absolute Gasteiger partial charge is 0.492 e. The highest BCUT2D eigenvalue weighted by molar-refractivity contribution is 5.97. The Morgan fingerprint density at radius 2 is 0.645 bits per heavy atom. The summed E-state index contributed by atoms with van der Waals surface area (Å²) in [5.41, 5.74) is 2.38. The van der Waals surface area contributed by atoms with Crippen LogP contribution in [0.3, 0.4) is 0 Å². The van der Waals surface area contributed by atoms with Gasteiger partial charge in [0.05, 0.1) is 52.8 Å². The second kappa shape index (κ2) is 20.3. The molecule has 0 N–H and O–H groups in total. The highest BCUT2D eigenvalue weighted by atomic mass is 16.6. The average Bonchev–Trinajstić information content (AvgIpc) is 3.29. The van der Waals surface area contributed by atoms with Crippen LogP contribution >= 0.6 is 0 Å². The van der Waals surface area contributed by atoms with Crippen molar-refractivity contribution in [3.63, 3.8) is 0 Å². The van der Waals surface area contributed by atoms with Crippen LogP contribution in [0.2, 0.25) is 0 Å². The van der Waals surface area contributed by atoms with Crippen molar-refractivity contribution in [2.24, 2.45) is 0 Å². The van der Waals surface area contributed by atoms with E-state index in [1.54, 1.807) is 60.7 Å². The average molecular weight is 843 g/mol. The van der Waals surface area contributed by atoms with E-state index in [9.17, 15) is 19.2 Å². The molecule has 0 aliphatic rings. The van der Waals surface area contributed by atoms with Gasteiger partial charge < -0.3 is 47.4 Å². The Balaban J connectivity index is 1.01. The van der Waals surface area contributed by atoms with Crippen LogP contribution in [0.5, 0.6) is 57.5 Å².